The standard InChI is InChI=1S/C13H11BrO2S/c1-8-5-12(16-2)10(6-11(8)14)13(15)9-3-4-17-7-9/h3-7H,1-2H3. The van der Waals surface area contributed by atoms with Crippen LogP contribution >= 0.6 is 27.3 Å². The molecule has 2 aromatic rings. The number of carbonyl (C=O) groups is 1. The van der Waals surface area contributed by atoms with Crippen LogP contribution in [-0.2, 0) is 0 Å². The number of hydrogen-bond donors (Lipinski definition) is 0. The van der Waals surface area contributed by atoms with Crippen LogP contribution in [0.15, 0.2) is 33.4 Å². The average molecular weight is 311 g/mol. The van der Waals surface area contributed by atoms with Crippen molar-refractivity contribution in [2.45, 2.75) is 6.92 Å². The van der Waals surface area contributed by atoms with E-state index >= 15 is 0 Å². The molecule has 0 aliphatic carbocycles. The van der Waals surface area contributed by atoms with Gasteiger partial charge in [-0.25, -0.2) is 0 Å². The maximum absolute atomic E-state index is 12.3. The molecule has 1 aromatic heterocycles. The van der Waals surface area contributed by atoms with Crippen LogP contribution in [-0.4, -0.2) is 12.9 Å². The number of carbonyl (C=O) groups excluding carboxylic acids is 1. The Hall–Kier alpha value is -1.13. The minimum atomic E-state index is -0.0104. The summed E-state index contributed by atoms with van der Waals surface area (Å²) in [5.41, 5.74) is 2.33. The van der Waals surface area contributed by atoms with Gasteiger partial charge in [0.15, 0.2) is 5.78 Å². The van der Waals surface area contributed by atoms with E-state index in [9.17, 15) is 4.79 Å². The molecule has 0 amide bonds. The third-order valence-electron chi connectivity index (χ3n) is 2.51. The summed E-state index contributed by atoms with van der Waals surface area (Å²) in [5, 5.41) is 3.73. The van der Waals surface area contributed by atoms with Crippen molar-refractivity contribution < 1.29 is 9.53 Å². The highest BCUT2D eigenvalue weighted by atomic mass is 79.9. The lowest BCUT2D eigenvalue weighted by atomic mass is 10.0. The Labute approximate surface area is 112 Å². The molecule has 0 bridgehead atoms. The summed E-state index contributed by atoms with van der Waals surface area (Å²) in [7, 11) is 1.58. The van der Waals surface area contributed by atoms with Crippen molar-refractivity contribution in [3.05, 3.63) is 50.1 Å². The number of aryl methyl sites for hydroxylation is 1. The van der Waals surface area contributed by atoms with Crippen molar-refractivity contribution in [3.63, 3.8) is 0 Å². The van der Waals surface area contributed by atoms with Gasteiger partial charge in [-0.15, -0.1) is 0 Å². The molecule has 1 heterocycles. The van der Waals surface area contributed by atoms with E-state index in [4.69, 9.17) is 4.74 Å². The molecule has 0 atom stereocenters. The molecule has 0 N–H and O–H groups in total. The predicted molar refractivity (Wildman–Crippen MR) is 73.2 cm³/mol. The summed E-state index contributed by atoms with van der Waals surface area (Å²) in [6, 6.07) is 5.50. The molecule has 0 spiro atoms. The zero-order valence-corrected chi connectivity index (χ0v) is 11.9. The van der Waals surface area contributed by atoms with Gasteiger partial charge in [0.05, 0.1) is 12.7 Å². The fourth-order valence-electron chi connectivity index (χ4n) is 1.55. The van der Waals surface area contributed by atoms with Crippen LogP contribution in [0.25, 0.3) is 0 Å². The molecule has 0 fully saturated rings. The Balaban J connectivity index is 2.51. The van der Waals surface area contributed by atoms with Gasteiger partial charge < -0.3 is 4.74 Å². The summed E-state index contributed by atoms with van der Waals surface area (Å²) in [6.45, 7) is 1.96. The highest BCUT2D eigenvalue weighted by molar-refractivity contribution is 9.10. The van der Waals surface area contributed by atoms with Gasteiger partial charge in [-0.2, -0.15) is 11.3 Å². The average Bonchev–Trinajstić information content (AvgIpc) is 2.84. The Morgan fingerprint density at radius 2 is 2.18 bits per heavy atom. The largest absolute Gasteiger partial charge is 0.496 e. The summed E-state index contributed by atoms with van der Waals surface area (Å²) in [4.78, 5) is 12.3. The van der Waals surface area contributed by atoms with E-state index in [0.29, 0.717) is 16.9 Å². The molecule has 0 aliphatic heterocycles. The Morgan fingerprint density at radius 3 is 2.76 bits per heavy atom. The second kappa shape index (κ2) is 5.02. The molecule has 4 heteroatoms. The third kappa shape index (κ3) is 2.42. The van der Waals surface area contributed by atoms with Gasteiger partial charge in [0.25, 0.3) is 0 Å². The van der Waals surface area contributed by atoms with E-state index in [1.165, 1.54) is 11.3 Å². The van der Waals surface area contributed by atoms with Gasteiger partial charge in [0, 0.05) is 15.4 Å². The first-order valence-electron chi connectivity index (χ1n) is 5.04. The summed E-state index contributed by atoms with van der Waals surface area (Å²) >= 11 is 4.95. The summed E-state index contributed by atoms with van der Waals surface area (Å²) in [5.74, 6) is 0.603. The van der Waals surface area contributed by atoms with Crippen molar-refractivity contribution in [1.29, 1.82) is 0 Å². The minimum absolute atomic E-state index is 0.0104. The van der Waals surface area contributed by atoms with Crippen LogP contribution in [0.4, 0.5) is 0 Å². The molecule has 88 valence electrons. The summed E-state index contributed by atoms with van der Waals surface area (Å²) < 4.78 is 6.18. The van der Waals surface area contributed by atoms with Crippen molar-refractivity contribution in [2.24, 2.45) is 0 Å². The zero-order valence-electron chi connectivity index (χ0n) is 9.49. The van der Waals surface area contributed by atoms with E-state index in [0.717, 1.165) is 10.0 Å². The van der Waals surface area contributed by atoms with Gasteiger partial charge in [0.2, 0.25) is 0 Å². The minimum Gasteiger partial charge on any atom is -0.496 e. The molecule has 1 aromatic carbocycles. The number of rotatable bonds is 3. The van der Waals surface area contributed by atoms with Gasteiger partial charge in [0.1, 0.15) is 5.75 Å². The van der Waals surface area contributed by atoms with Crippen molar-refractivity contribution >= 4 is 33.0 Å². The van der Waals surface area contributed by atoms with Gasteiger partial charge in [-0.3, -0.25) is 4.79 Å². The molecular formula is C13H11BrO2S. The van der Waals surface area contributed by atoms with Gasteiger partial charge >= 0.3 is 0 Å². The van der Waals surface area contributed by atoms with Crippen LogP contribution in [0, 0.1) is 6.92 Å². The highest BCUT2D eigenvalue weighted by Crippen LogP contribution is 2.29. The van der Waals surface area contributed by atoms with E-state index in [-0.39, 0.29) is 5.78 Å². The Bertz CT molecular complexity index is 547. The number of ketones is 1. The van der Waals surface area contributed by atoms with E-state index in [1.807, 2.05) is 35.9 Å². The molecule has 0 aliphatic rings. The Kier molecular flexibility index (Phi) is 3.64. The molecule has 2 nitrogen and oxygen atoms in total. The fourth-order valence-corrected chi connectivity index (χ4v) is 2.53. The first kappa shape index (κ1) is 12.3. The number of ether oxygens (including phenoxy) is 1. The van der Waals surface area contributed by atoms with Crippen LogP contribution in [0.2, 0.25) is 0 Å². The smallest absolute Gasteiger partial charge is 0.197 e. The third-order valence-corrected chi connectivity index (χ3v) is 4.05. The van der Waals surface area contributed by atoms with Crippen molar-refractivity contribution in [3.8, 4) is 5.75 Å². The fraction of sp³-hybridized carbons (Fsp3) is 0.154. The molecular weight excluding hydrogens is 300 g/mol. The van der Waals surface area contributed by atoms with E-state index in [2.05, 4.69) is 15.9 Å². The number of benzene rings is 1. The topological polar surface area (TPSA) is 26.3 Å². The summed E-state index contributed by atoms with van der Waals surface area (Å²) in [6.07, 6.45) is 0. The molecule has 17 heavy (non-hydrogen) atoms. The molecule has 0 saturated heterocycles. The van der Waals surface area contributed by atoms with E-state index < -0.39 is 0 Å². The monoisotopic (exact) mass is 310 g/mol. The highest BCUT2D eigenvalue weighted by Gasteiger charge is 2.16. The van der Waals surface area contributed by atoms with Gasteiger partial charge in [-0.1, -0.05) is 15.9 Å². The zero-order chi connectivity index (χ0) is 12.4. The lowest BCUT2D eigenvalue weighted by Crippen LogP contribution is -2.03. The Morgan fingerprint density at radius 1 is 1.41 bits per heavy atom. The van der Waals surface area contributed by atoms with Crippen LogP contribution < -0.4 is 4.74 Å². The van der Waals surface area contributed by atoms with Crippen LogP contribution in [0.3, 0.4) is 0 Å². The van der Waals surface area contributed by atoms with Crippen LogP contribution in [0.1, 0.15) is 21.5 Å². The lowest BCUT2D eigenvalue weighted by molar-refractivity contribution is 0.103. The molecule has 0 saturated carbocycles. The number of methoxy groups -OCH3 is 1. The first-order valence-corrected chi connectivity index (χ1v) is 6.78. The van der Waals surface area contributed by atoms with Crippen molar-refractivity contribution in [2.75, 3.05) is 7.11 Å². The SMILES string of the molecule is COc1cc(C)c(Br)cc1C(=O)c1ccsc1. The maximum Gasteiger partial charge on any atom is 0.197 e. The van der Waals surface area contributed by atoms with Gasteiger partial charge in [-0.05, 0) is 36.1 Å². The second-order valence-electron chi connectivity index (χ2n) is 3.64. The van der Waals surface area contributed by atoms with E-state index in [1.54, 1.807) is 7.11 Å². The number of halogens is 1. The first-order chi connectivity index (χ1) is 8.13. The quantitative estimate of drug-likeness (QED) is 0.799. The van der Waals surface area contributed by atoms with Crippen LogP contribution in [0.5, 0.6) is 5.75 Å². The maximum atomic E-state index is 12.3. The second-order valence-corrected chi connectivity index (χ2v) is 5.28. The normalized spacial score (nSPS) is 10.3. The lowest BCUT2D eigenvalue weighted by Gasteiger charge is -2.09. The van der Waals surface area contributed by atoms with Crippen molar-refractivity contribution in [1.82, 2.24) is 0 Å². The molecule has 2 rings (SSSR count). The number of thiophene rings is 1. The number of hydrogen-bond acceptors (Lipinski definition) is 3. The predicted octanol–water partition coefficient (Wildman–Crippen LogP) is 4.06. The molecule has 0 unspecified atom stereocenters. The molecule has 0 radical (unpaired) electrons.